The van der Waals surface area contributed by atoms with E-state index in [1.54, 1.807) is 6.07 Å². The summed E-state index contributed by atoms with van der Waals surface area (Å²) in [5, 5.41) is 9.58. The lowest BCUT2D eigenvalue weighted by atomic mass is 10.0. The zero-order valence-corrected chi connectivity index (χ0v) is 14.8. The molecule has 3 rings (SSSR count). The molecule has 0 radical (unpaired) electrons. The summed E-state index contributed by atoms with van der Waals surface area (Å²) in [5.41, 5.74) is 1.02. The summed E-state index contributed by atoms with van der Waals surface area (Å²) in [4.78, 5) is 12.5. The Bertz CT molecular complexity index is 1030. The molecule has 3 aromatic rings. The first-order valence-corrected chi connectivity index (χ1v) is 9.31. The van der Waals surface area contributed by atoms with Crippen LogP contribution in [0.2, 0.25) is 0 Å². The van der Waals surface area contributed by atoms with Gasteiger partial charge in [0.1, 0.15) is 0 Å². The first kappa shape index (κ1) is 16.6. The molecule has 0 spiro atoms. The third kappa shape index (κ3) is 3.33. The molecule has 0 bridgehead atoms. The molecule has 0 atom stereocenters. The lowest BCUT2D eigenvalue weighted by molar-refractivity contribution is 0.102. The van der Waals surface area contributed by atoms with Crippen molar-refractivity contribution < 1.29 is 13.2 Å². The summed E-state index contributed by atoms with van der Waals surface area (Å²) in [6.45, 7) is 0. The van der Waals surface area contributed by atoms with Crippen molar-refractivity contribution in [1.29, 1.82) is 0 Å². The fourth-order valence-corrected chi connectivity index (χ4v) is 3.41. The fourth-order valence-electron chi connectivity index (χ4n) is 2.40. The minimum atomic E-state index is -3.75. The Hall–Kier alpha value is -2.22. The molecule has 122 valence electrons. The number of anilines is 1. The molecular formula is C17H13BrN2O3S. The van der Waals surface area contributed by atoms with Crippen LogP contribution in [0.25, 0.3) is 10.8 Å². The summed E-state index contributed by atoms with van der Waals surface area (Å²) in [7, 11) is -3.75. The first-order valence-electron chi connectivity index (χ1n) is 6.98. The molecule has 3 aromatic carbocycles. The number of hydrogen-bond acceptors (Lipinski definition) is 3. The van der Waals surface area contributed by atoms with E-state index in [0.29, 0.717) is 11.3 Å². The highest BCUT2D eigenvalue weighted by molar-refractivity contribution is 9.10. The highest BCUT2D eigenvalue weighted by Crippen LogP contribution is 2.27. The molecule has 24 heavy (non-hydrogen) atoms. The van der Waals surface area contributed by atoms with E-state index in [4.69, 9.17) is 5.14 Å². The number of nitrogens with two attached hydrogens (primary N) is 1. The van der Waals surface area contributed by atoms with Crippen molar-refractivity contribution in [3.63, 3.8) is 0 Å². The van der Waals surface area contributed by atoms with Crippen LogP contribution >= 0.6 is 15.9 Å². The van der Waals surface area contributed by atoms with Gasteiger partial charge < -0.3 is 5.32 Å². The highest BCUT2D eigenvalue weighted by atomic mass is 79.9. The van der Waals surface area contributed by atoms with E-state index < -0.39 is 10.0 Å². The van der Waals surface area contributed by atoms with Crippen molar-refractivity contribution in [1.82, 2.24) is 0 Å². The molecule has 0 saturated carbocycles. The molecule has 3 N–H and O–H groups in total. The first-order chi connectivity index (χ1) is 11.4. The smallest absolute Gasteiger partial charge is 0.256 e. The van der Waals surface area contributed by atoms with Crippen LogP contribution < -0.4 is 10.5 Å². The Morgan fingerprint density at radius 1 is 0.917 bits per heavy atom. The number of primary sulfonamides is 1. The summed E-state index contributed by atoms with van der Waals surface area (Å²) < 4.78 is 23.4. The molecule has 0 saturated heterocycles. The lowest BCUT2D eigenvalue weighted by Gasteiger charge is -2.09. The van der Waals surface area contributed by atoms with Gasteiger partial charge >= 0.3 is 0 Å². The second-order valence-corrected chi connectivity index (χ2v) is 7.58. The monoisotopic (exact) mass is 404 g/mol. The SMILES string of the molecule is NS(=O)(=O)c1ccc(NC(=O)c2cccc3c(Br)cccc23)cc1. The van der Waals surface area contributed by atoms with Gasteiger partial charge in [-0.3, -0.25) is 4.79 Å². The van der Waals surface area contributed by atoms with E-state index >= 15 is 0 Å². The number of fused-ring (bicyclic) bond motifs is 1. The van der Waals surface area contributed by atoms with Crippen molar-refractivity contribution in [3.05, 3.63) is 70.7 Å². The van der Waals surface area contributed by atoms with Crippen LogP contribution in [-0.4, -0.2) is 14.3 Å². The molecule has 7 heteroatoms. The molecule has 0 heterocycles. The Morgan fingerprint density at radius 3 is 2.21 bits per heavy atom. The molecule has 0 aliphatic heterocycles. The minimum Gasteiger partial charge on any atom is -0.322 e. The zero-order valence-electron chi connectivity index (χ0n) is 12.4. The van der Waals surface area contributed by atoms with Crippen molar-refractivity contribution in [3.8, 4) is 0 Å². The van der Waals surface area contributed by atoms with Gasteiger partial charge in [-0.15, -0.1) is 0 Å². The molecule has 1 amide bonds. The minimum absolute atomic E-state index is 0.00501. The number of carbonyl (C=O) groups is 1. The second-order valence-electron chi connectivity index (χ2n) is 5.16. The van der Waals surface area contributed by atoms with Gasteiger partial charge in [0.2, 0.25) is 10.0 Å². The second kappa shape index (κ2) is 6.35. The molecular weight excluding hydrogens is 392 g/mol. The van der Waals surface area contributed by atoms with Gasteiger partial charge in [-0.1, -0.05) is 40.2 Å². The summed E-state index contributed by atoms with van der Waals surface area (Å²) in [6, 6.07) is 16.8. The largest absolute Gasteiger partial charge is 0.322 e. The van der Waals surface area contributed by atoms with Gasteiger partial charge in [0, 0.05) is 15.7 Å². The zero-order chi connectivity index (χ0) is 17.3. The third-order valence-electron chi connectivity index (χ3n) is 3.55. The summed E-state index contributed by atoms with van der Waals surface area (Å²) >= 11 is 3.47. The van der Waals surface area contributed by atoms with Crippen molar-refractivity contribution in [2.24, 2.45) is 5.14 Å². The number of carbonyl (C=O) groups excluding carboxylic acids is 1. The number of halogens is 1. The average molecular weight is 405 g/mol. The van der Waals surface area contributed by atoms with E-state index in [-0.39, 0.29) is 10.8 Å². The van der Waals surface area contributed by atoms with E-state index in [9.17, 15) is 13.2 Å². The molecule has 0 aromatic heterocycles. The third-order valence-corrected chi connectivity index (χ3v) is 5.17. The molecule has 0 fully saturated rings. The highest BCUT2D eigenvalue weighted by Gasteiger charge is 2.12. The topological polar surface area (TPSA) is 89.3 Å². The molecule has 5 nitrogen and oxygen atoms in total. The molecule has 0 unspecified atom stereocenters. The number of hydrogen-bond donors (Lipinski definition) is 2. The lowest BCUT2D eigenvalue weighted by Crippen LogP contribution is -2.14. The number of amides is 1. The summed E-state index contributed by atoms with van der Waals surface area (Å²) in [5.74, 6) is -0.276. The maximum absolute atomic E-state index is 12.6. The Morgan fingerprint density at radius 2 is 1.54 bits per heavy atom. The van der Waals surface area contributed by atoms with Crippen molar-refractivity contribution in [2.45, 2.75) is 4.90 Å². The Balaban J connectivity index is 1.92. The van der Waals surface area contributed by atoms with Gasteiger partial charge in [-0.2, -0.15) is 0 Å². The van der Waals surface area contributed by atoms with Crippen LogP contribution in [0.3, 0.4) is 0 Å². The van der Waals surface area contributed by atoms with Crippen LogP contribution in [0, 0.1) is 0 Å². The van der Waals surface area contributed by atoms with Crippen molar-refractivity contribution >= 4 is 48.3 Å². The van der Waals surface area contributed by atoms with Gasteiger partial charge in [0.25, 0.3) is 5.91 Å². The van der Waals surface area contributed by atoms with E-state index in [1.165, 1.54) is 24.3 Å². The average Bonchev–Trinajstić information content (AvgIpc) is 2.54. The number of benzene rings is 3. The maximum Gasteiger partial charge on any atom is 0.256 e. The van der Waals surface area contributed by atoms with Gasteiger partial charge in [-0.05, 0) is 47.2 Å². The normalized spacial score (nSPS) is 11.4. The van der Waals surface area contributed by atoms with E-state index in [0.717, 1.165) is 15.2 Å². The van der Waals surface area contributed by atoms with Gasteiger partial charge in [-0.25, -0.2) is 13.6 Å². The van der Waals surface area contributed by atoms with E-state index in [2.05, 4.69) is 21.2 Å². The molecule has 0 aliphatic carbocycles. The number of nitrogens with one attached hydrogen (secondary N) is 1. The van der Waals surface area contributed by atoms with Crippen LogP contribution in [0.15, 0.2) is 70.0 Å². The predicted octanol–water partition coefficient (Wildman–Crippen LogP) is 3.50. The van der Waals surface area contributed by atoms with Crippen molar-refractivity contribution in [2.75, 3.05) is 5.32 Å². The number of sulfonamides is 1. The fraction of sp³-hybridized carbons (Fsp3) is 0. The standard InChI is InChI=1S/C17H13BrN2O3S/c18-16-6-2-3-13-14(16)4-1-5-15(13)17(21)20-11-7-9-12(10-8-11)24(19,22)23/h1-10H,(H,20,21)(H2,19,22,23). The van der Waals surface area contributed by atoms with E-state index in [1.807, 2.05) is 30.3 Å². The molecule has 0 aliphatic rings. The number of rotatable bonds is 3. The van der Waals surface area contributed by atoms with Crippen LogP contribution in [0.5, 0.6) is 0 Å². The quantitative estimate of drug-likeness (QED) is 0.699. The summed E-state index contributed by atoms with van der Waals surface area (Å²) in [6.07, 6.45) is 0. The predicted molar refractivity (Wildman–Crippen MR) is 97.4 cm³/mol. The van der Waals surface area contributed by atoms with Crippen LogP contribution in [0.4, 0.5) is 5.69 Å². The van der Waals surface area contributed by atoms with Crippen LogP contribution in [0.1, 0.15) is 10.4 Å². The van der Waals surface area contributed by atoms with Crippen LogP contribution in [-0.2, 0) is 10.0 Å². The Labute approximate surface area is 147 Å². The van der Waals surface area contributed by atoms with Gasteiger partial charge in [0.05, 0.1) is 4.90 Å². The van der Waals surface area contributed by atoms with Gasteiger partial charge in [0.15, 0.2) is 0 Å². The maximum atomic E-state index is 12.6. The Kier molecular flexibility index (Phi) is 4.40.